The van der Waals surface area contributed by atoms with Gasteiger partial charge in [0, 0.05) is 12.7 Å². The Morgan fingerprint density at radius 3 is 2.96 bits per heavy atom. The fraction of sp³-hybridized carbons (Fsp3) is 0.312. The number of hydrogen-bond donors (Lipinski definition) is 1. The van der Waals surface area contributed by atoms with Gasteiger partial charge in [-0.15, -0.1) is 0 Å². The van der Waals surface area contributed by atoms with Gasteiger partial charge in [-0.1, -0.05) is 12.1 Å². The van der Waals surface area contributed by atoms with Gasteiger partial charge < -0.3 is 19.4 Å². The molecule has 0 bridgehead atoms. The fourth-order valence-electron chi connectivity index (χ4n) is 2.56. The van der Waals surface area contributed by atoms with Crippen molar-refractivity contribution in [3.63, 3.8) is 0 Å². The van der Waals surface area contributed by atoms with Crippen molar-refractivity contribution >= 4 is 5.91 Å². The molecule has 1 aromatic heterocycles. The van der Waals surface area contributed by atoms with Crippen LogP contribution < -0.4 is 4.74 Å². The molecule has 1 amide bonds. The molecule has 3 rings (SSSR count). The van der Waals surface area contributed by atoms with E-state index in [2.05, 4.69) is 9.72 Å². The molecule has 23 heavy (non-hydrogen) atoms. The summed E-state index contributed by atoms with van der Waals surface area (Å²) in [5.41, 5.74) is 1.22. The lowest BCUT2D eigenvalue weighted by Gasteiger charge is -2.33. The molecule has 2 heterocycles. The Labute approximate surface area is 131 Å². The van der Waals surface area contributed by atoms with Gasteiger partial charge in [-0.05, 0) is 29.8 Å². The van der Waals surface area contributed by atoms with Crippen molar-refractivity contribution in [2.75, 3.05) is 19.7 Å². The second-order valence-electron chi connectivity index (χ2n) is 5.15. The van der Waals surface area contributed by atoms with Gasteiger partial charge in [0.15, 0.2) is 0 Å². The zero-order valence-corrected chi connectivity index (χ0v) is 12.2. The highest BCUT2D eigenvalue weighted by Crippen LogP contribution is 2.26. The topological polar surface area (TPSA) is 54.6 Å². The van der Waals surface area contributed by atoms with Crippen LogP contribution >= 0.6 is 0 Å². The highest BCUT2D eigenvalue weighted by Gasteiger charge is 2.26. The number of nitrogens with zero attached hydrogens (tertiary/aromatic N) is 1. The number of H-pyrrole nitrogens is 1. The number of hydrogen-bond acceptors (Lipinski definition) is 3. The minimum absolute atomic E-state index is 0.0777. The van der Waals surface area contributed by atoms with Gasteiger partial charge in [0.1, 0.15) is 17.5 Å². The minimum Gasteiger partial charge on any atom is -0.435 e. The highest BCUT2D eigenvalue weighted by molar-refractivity contribution is 5.92. The van der Waals surface area contributed by atoms with Crippen LogP contribution in [0.5, 0.6) is 5.75 Å². The second kappa shape index (κ2) is 6.78. The second-order valence-corrected chi connectivity index (χ2v) is 5.15. The fourth-order valence-corrected chi connectivity index (χ4v) is 2.56. The predicted octanol–water partition coefficient (Wildman–Crippen LogP) is 2.83. The molecule has 1 atom stereocenters. The van der Waals surface area contributed by atoms with Crippen molar-refractivity contribution in [1.29, 1.82) is 0 Å². The number of amides is 1. The molecule has 2 aromatic rings. The molecule has 7 heteroatoms. The van der Waals surface area contributed by atoms with E-state index < -0.39 is 6.61 Å². The van der Waals surface area contributed by atoms with Crippen molar-refractivity contribution in [2.45, 2.75) is 12.7 Å². The minimum atomic E-state index is -2.87. The summed E-state index contributed by atoms with van der Waals surface area (Å²) >= 11 is 0. The first-order chi connectivity index (χ1) is 11.1. The SMILES string of the molecule is O=C(c1ccc[nH]1)N1CCO[C@H](c2cccc(OC(F)F)c2)C1. The van der Waals surface area contributed by atoms with E-state index in [-0.39, 0.29) is 17.8 Å². The molecule has 5 nitrogen and oxygen atoms in total. The van der Waals surface area contributed by atoms with Crippen LogP contribution in [0, 0.1) is 0 Å². The first-order valence-electron chi connectivity index (χ1n) is 7.22. The van der Waals surface area contributed by atoms with Crippen LogP contribution in [0.3, 0.4) is 0 Å². The number of morpholine rings is 1. The van der Waals surface area contributed by atoms with E-state index in [0.717, 1.165) is 0 Å². The molecular weight excluding hydrogens is 306 g/mol. The normalized spacial score (nSPS) is 18.2. The molecule has 1 aliphatic rings. The first-order valence-corrected chi connectivity index (χ1v) is 7.22. The molecule has 1 aromatic carbocycles. The third-order valence-corrected chi connectivity index (χ3v) is 3.64. The van der Waals surface area contributed by atoms with Gasteiger partial charge in [0.2, 0.25) is 0 Å². The van der Waals surface area contributed by atoms with Crippen molar-refractivity contribution < 1.29 is 23.0 Å². The summed E-state index contributed by atoms with van der Waals surface area (Å²) in [6, 6.07) is 9.84. The van der Waals surface area contributed by atoms with Crippen LogP contribution in [0.25, 0.3) is 0 Å². The van der Waals surface area contributed by atoms with Crippen LogP contribution in [0.15, 0.2) is 42.6 Å². The third-order valence-electron chi connectivity index (χ3n) is 3.64. The molecule has 1 saturated heterocycles. The van der Waals surface area contributed by atoms with E-state index in [9.17, 15) is 13.6 Å². The molecule has 0 saturated carbocycles. The monoisotopic (exact) mass is 322 g/mol. The molecule has 1 fully saturated rings. The van der Waals surface area contributed by atoms with E-state index in [1.54, 1.807) is 35.4 Å². The van der Waals surface area contributed by atoms with E-state index in [1.807, 2.05) is 0 Å². The van der Waals surface area contributed by atoms with Crippen LogP contribution in [-0.4, -0.2) is 42.1 Å². The maximum atomic E-state index is 12.4. The molecule has 1 aliphatic heterocycles. The van der Waals surface area contributed by atoms with E-state index in [1.165, 1.54) is 12.1 Å². The molecule has 0 unspecified atom stereocenters. The van der Waals surface area contributed by atoms with E-state index in [4.69, 9.17) is 4.74 Å². The lowest BCUT2D eigenvalue weighted by atomic mass is 10.1. The third kappa shape index (κ3) is 3.68. The van der Waals surface area contributed by atoms with Crippen LogP contribution in [0.1, 0.15) is 22.2 Å². The average molecular weight is 322 g/mol. The number of aromatic nitrogens is 1. The first kappa shape index (κ1) is 15.5. The number of alkyl halides is 2. The average Bonchev–Trinajstić information content (AvgIpc) is 3.08. The molecule has 0 spiro atoms. The Morgan fingerprint density at radius 1 is 1.35 bits per heavy atom. The Kier molecular flexibility index (Phi) is 4.57. The quantitative estimate of drug-likeness (QED) is 0.942. The Morgan fingerprint density at radius 2 is 2.22 bits per heavy atom. The number of carbonyl (C=O) groups is 1. The number of ether oxygens (including phenoxy) is 2. The van der Waals surface area contributed by atoms with Gasteiger partial charge in [-0.25, -0.2) is 0 Å². The molecule has 0 aliphatic carbocycles. The Balaban J connectivity index is 1.72. The van der Waals surface area contributed by atoms with Gasteiger partial charge in [-0.3, -0.25) is 4.79 Å². The zero-order chi connectivity index (χ0) is 16.2. The van der Waals surface area contributed by atoms with Crippen LogP contribution in [0.2, 0.25) is 0 Å². The summed E-state index contributed by atoms with van der Waals surface area (Å²) in [6.45, 7) is -1.64. The maximum Gasteiger partial charge on any atom is 0.387 e. The molecular formula is C16H16F2N2O3. The van der Waals surface area contributed by atoms with Crippen LogP contribution in [0.4, 0.5) is 8.78 Å². The summed E-state index contributed by atoms with van der Waals surface area (Å²) < 4.78 is 34.7. The van der Waals surface area contributed by atoms with Gasteiger partial charge in [-0.2, -0.15) is 8.78 Å². The number of aromatic amines is 1. The number of carbonyl (C=O) groups excluding carboxylic acids is 1. The number of halogens is 2. The summed E-state index contributed by atoms with van der Waals surface area (Å²) in [4.78, 5) is 16.9. The molecule has 122 valence electrons. The highest BCUT2D eigenvalue weighted by atomic mass is 19.3. The summed E-state index contributed by atoms with van der Waals surface area (Å²) in [7, 11) is 0. The van der Waals surface area contributed by atoms with Crippen molar-refractivity contribution in [3.05, 3.63) is 53.9 Å². The van der Waals surface area contributed by atoms with E-state index in [0.29, 0.717) is 31.0 Å². The van der Waals surface area contributed by atoms with Crippen molar-refractivity contribution in [3.8, 4) is 5.75 Å². The lowest BCUT2D eigenvalue weighted by Crippen LogP contribution is -2.42. The smallest absolute Gasteiger partial charge is 0.387 e. The maximum absolute atomic E-state index is 12.4. The summed E-state index contributed by atoms with van der Waals surface area (Å²) in [5, 5.41) is 0. The number of benzene rings is 1. The number of rotatable bonds is 4. The Hall–Kier alpha value is -2.41. The van der Waals surface area contributed by atoms with Crippen LogP contribution in [-0.2, 0) is 4.74 Å². The molecule has 1 N–H and O–H groups in total. The van der Waals surface area contributed by atoms with Crippen molar-refractivity contribution in [2.24, 2.45) is 0 Å². The van der Waals surface area contributed by atoms with Crippen molar-refractivity contribution in [1.82, 2.24) is 9.88 Å². The summed E-state index contributed by atoms with van der Waals surface area (Å²) in [5.74, 6) is -0.0304. The standard InChI is InChI=1S/C16H16F2N2O3/c17-16(18)23-12-4-1-3-11(9-12)14-10-20(7-8-22-14)15(21)13-5-2-6-19-13/h1-6,9,14,16,19H,7-8,10H2/t14-/m0/s1. The lowest BCUT2D eigenvalue weighted by molar-refractivity contribution is -0.0504. The predicted molar refractivity (Wildman–Crippen MR) is 78.5 cm³/mol. The summed E-state index contributed by atoms with van der Waals surface area (Å²) in [6.07, 6.45) is 1.32. The van der Waals surface area contributed by atoms with Gasteiger partial charge in [0.05, 0.1) is 13.2 Å². The zero-order valence-electron chi connectivity index (χ0n) is 12.2. The Bertz CT molecular complexity index is 661. The largest absolute Gasteiger partial charge is 0.435 e. The van der Waals surface area contributed by atoms with E-state index >= 15 is 0 Å². The molecule has 0 radical (unpaired) electrons. The van der Waals surface area contributed by atoms with Gasteiger partial charge >= 0.3 is 6.61 Å². The number of nitrogens with one attached hydrogen (secondary N) is 1. The van der Waals surface area contributed by atoms with Gasteiger partial charge in [0.25, 0.3) is 5.91 Å².